The number of carbonyl (C=O) groups is 2. The fraction of sp³-hybridized carbons (Fsp3) is 0.167. The van der Waals surface area contributed by atoms with Crippen LogP contribution in [0.2, 0.25) is 0 Å². The molecule has 0 bridgehead atoms. The minimum Gasteiger partial charge on any atom is -0.467 e. The van der Waals surface area contributed by atoms with Crippen LogP contribution >= 0.6 is 0 Å². The third-order valence-corrected chi connectivity index (χ3v) is 2.75. The van der Waals surface area contributed by atoms with Gasteiger partial charge < -0.3 is 19.5 Å². The molecule has 2 atom stereocenters. The van der Waals surface area contributed by atoms with Crippen molar-refractivity contribution < 1.29 is 18.4 Å². The zero-order valence-electron chi connectivity index (χ0n) is 9.25. The average molecular weight is 246 g/mol. The van der Waals surface area contributed by atoms with Crippen molar-refractivity contribution in [3.8, 4) is 0 Å². The highest BCUT2D eigenvalue weighted by Gasteiger charge is 2.37. The molecule has 1 aliphatic rings. The topological polar surface area (TPSA) is 84.5 Å². The number of amides is 2. The van der Waals surface area contributed by atoms with E-state index in [4.69, 9.17) is 8.83 Å². The molecule has 0 spiro atoms. The predicted octanol–water partition coefficient (Wildman–Crippen LogP) is 0.901. The fourth-order valence-corrected chi connectivity index (χ4v) is 1.89. The second kappa shape index (κ2) is 4.06. The van der Waals surface area contributed by atoms with Crippen LogP contribution in [0.3, 0.4) is 0 Å². The van der Waals surface area contributed by atoms with E-state index in [2.05, 4.69) is 10.6 Å². The molecule has 0 aromatic carbocycles. The van der Waals surface area contributed by atoms with Crippen molar-refractivity contribution in [2.24, 2.45) is 0 Å². The Hall–Kier alpha value is -2.50. The van der Waals surface area contributed by atoms with Crippen LogP contribution in [0.15, 0.2) is 45.6 Å². The first-order chi connectivity index (χ1) is 8.75. The van der Waals surface area contributed by atoms with Crippen LogP contribution in [-0.4, -0.2) is 11.8 Å². The Bertz CT molecular complexity index is 507. The normalized spacial score (nSPS) is 23.6. The maximum Gasteiger partial charge on any atom is 0.251 e. The van der Waals surface area contributed by atoms with E-state index in [1.54, 1.807) is 24.3 Å². The Morgan fingerprint density at radius 2 is 1.28 bits per heavy atom. The van der Waals surface area contributed by atoms with Gasteiger partial charge in [0.25, 0.3) is 11.8 Å². The van der Waals surface area contributed by atoms with E-state index in [9.17, 15) is 9.59 Å². The van der Waals surface area contributed by atoms with Gasteiger partial charge in [-0.05, 0) is 24.3 Å². The van der Waals surface area contributed by atoms with Gasteiger partial charge in [0.1, 0.15) is 11.5 Å². The van der Waals surface area contributed by atoms with Crippen molar-refractivity contribution in [2.75, 3.05) is 0 Å². The van der Waals surface area contributed by atoms with Gasteiger partial charge in [0.05, 0.1) is 12.5 Å². The van der Waals surface area contributed by atoms with Gasteiger partial charge in [0.2, 0.25) is 0 Å². The van der Waals surface area contributed by atoms with Crippen LogP contribution in [0.1, 0.15) is 23.6 Å². The largest absolute Gasteiger partial charge is 0.467 e. The summed E-state index contributed by atoms with van der Waals surface area (Å²) < 4.78 is 10.2. The van der Waals surface area contributed by atoms with Crippen molar-refractivity contribution >= 4 is 11.8 Å². The van der Waals surface area contributed by atoms with E-state index in [1.807, 2.05) is 0 Å². The number of hydrogen-bond donors (Lipinski definition) is 2. The standard InChI is InChI=1S/C12H10N2O4/c15-11-9(7-3-1-5-17-7)13-12(16)10(14-11)8-4-2-6-18-8/h1-6,9-10H,(H,13,16)(H,14,15). The molecule has 1 aliphatic heterocycles. The van der Waals surface area contributed by atoms with Crippen molar-refractivity contribution in [2.45, 2.75) is 12.1 Å². The number of nitrogens with one attached hydrogen (secondary N) is 2. The molecule has 18 heavy (non-hydrogen) atoms. The Balaban J connectivity index is 1.84. The molecule has 6 nitrogen and oxygen atoms in total. The molecule has 2 amide bonds. The van der Waals surface area contributed by atoms with Gasteiger partial charge in [-0.2, -0.15) is 0 Å². The highest BCUT2D eigenvalue weighted by molar-refractivity contribution is 5.97. The first-order valence-electron chi connectivity index (χ1n) is 5.43. The zero-order chi connectivity index (χ0) is 12.5. The highest BCUT2D eigenvalue weighted by atomic mass is 16.3. The molecule has 0 saturated carbocycles. The van der Waals surface area contributed by atoms with E-state index >= 15 is 0 Å². The molecule has 0 aliphatic carbocycles. The molecule has 2 N–H and O–H groups in total. The summed E-state index contributed by atoms with van der Waals surface area (Å²) in [5.74, 6) is 0.148. The van der Waals surface area contributed by atoms with Crippen LogP contribution in [0.25, 0.3) is 0 Å². The van der Waals surface area contributed by atoms with Crippen molar-refractivity contribution in [1.29, 1.82) is 0 Å². The molecule has 3 heterocycles. The summed E-state index contributed by atoms with van der Waals surface area (Å²) in [6.07, 6.45) is 2.90. The molecule has 0 radical (unpaired) electrons. The molecular weight excluding hydrogens is 236 g/mol. The summed E-state index contributed by atoms with van der Waals surface area (Å²) in [6, 6.07) is 5.01. The van der Waals surface area contributed by atoms with Crippen molar-refractivity contribution in [3.05, 3.63) is 48.3 Å². The molecule has 6 heteroatoms. The quantitative estimate of drug-likeness (QED) is 0.824. The molecule has 3 rings (SSSR count). The molecule has 92 valence electrons. The summed E-state index contributed by atoms with van der Waals surface area (Å²) in [7, 11) is 0. The fourth-order valence-electron chi connectivity index (χ4n) is 1.89. The van der Waals surface area contributed by atoms with Crippen LogP contribution < -0.4 is 10.6 Å². The van der Waals surface area contributed by atoms with Crippen LogP contribution in [0.4, 0.5) is 0 Å². The summed E-state index contributed by atoms with van der Waals surface area (Å²) >= 11 is 0. The minimum absolute atomic E-state index is 0.328. The van der Waals surface area contributed by atoms with Crippen molar-refractivity contribution in [1.82, 2.24) is 10.6 Å². The van der Waals surface area contributed by atoms with Gasteiger partial charge >= 0.3 is 0 Å². The minimum atomic E-state index is -0.793. The maximum atomic E-state index is 11.9. The van der Waals surface area contributed by atoms with E-state index in [-0.39, 0.29) is 11.8 Å². The van der Waals surface area contributed by atoms with Crippen LogP contribution in [-0.2, 0) is 9.59 Å². The second-order valence-electron chi connectivity index (χ2n) is 3.91. The predicted molar refractivity (Wildman–Crippen MR) is 59.2 cm³/mol. The Morgan fingerprint density at radius 3 is 1.61 bits per heavy atom. The summed E-state index contributed by atoms with van der Waals surface area (Å²) in [6.45, 7) is 0. The summed E-state index contributed by atoms with van der Waals surface area (Å²) in [4.78, 5) is 23.8. The zero-order valence-corrected chi connectivity index (χ0v) is 9.25. The summed E-state index contributed by atoms with van der Waals surface area (Å²) in [5, 5.41) is 5.20. The first-order valence-corrected chi connectivity index (χ1v) is 5.43. The number of carbonyl (C=O) groups excluding carboxylic acids is 2. The Kier molecular flexibility index (Phi) is 2.40. The van der Waals surface area contributed by atoms with Crippen LogP contribution in [0.5, 0.6) is 0 Å². The molecule has 1 fully saturated rings. The van der Waals surface area contributed by atoms with Gasteiger partial charge in [0, 0.05) is 0 Å². The van der Waals surface area contributed by atoms with Gasteiger partial charge in [-0.25, -0.2) is 0 Å². The summed E-state index contributed by atoms with van der Waals surface area (Å²) in [5.41, 5.74) is 0. The van der Waals surface area contributed by atoms with Gasteiger partial charge in [-0.3, -0.25) is 9.59 Å². The SMILES string of the molecule is O=C1NC(c2ccco2)C(=O)NC1c1ccco1. The van der Waals surface area contributed by atoms with Gasteiger partial charge in [-0.1, -0.05) is 0 Å². The van der Waals surface area contributed by atoms with Gasteiger partial charge in [-0.15, -0.1) is 0 Å². The lowest BCUT2D eigenvalue weighted by atomic mass is 10.1. The second-order valence-corrected chi connectivity index (χ2v) is 3.91. The van der Waals surface area contributed by atoms with Crippen molar-refractivity contribution in [3.63, 3.8) is 0 Å². The first kappa shape index (κ1) is 10.6. The lowest BCUT2D eigenvalue weighted by molar-refractivity contribution is -0.138. The molecule has 2 aromatic rings. The Labute approximate surface area is 102 Å². The molecule has 2 aromatic heterocycles. The number of furan rings is 2. The van der Waals surface area contributed by atoms with E-state index < -0.39 is 12.1 Å². The maximum absolute atomic E-state index is 11.9. The highest BCUT2D eigenvalue weighted by Crippen LogP contribution is 2.23. The smallest absolute Gasteiger partial charge is 0.251 e. The third-order valence-electron chi connectivity index (χ3n) is 2.75. The molecular formula is C12H10N2O4. The van der Waals surface area contributed by atoms with E-state index in [1.165, 1.54) is 12.5 Å². The lowest BCUT2D eigenvalue weighted by Gasteiger charge is -2.27. The molecule has 2 unspecified atom stereocenters. The average Bonchev–Trinajstić information content (AvgIpc) is 3.02. The number of piperazine rings is 1. The Morgan fingerprint density at radius 1 is 0.833 bits per heavy atom. The third kappa shape index (κ3) is 1.67. The van der Waals surface area contributed by atoms with Gasteiger partial charge in [0.15, 0.2) is 12.1 Å². The molecule has 1 saturated heterocycles. The lowest BCUT2D eigenvalue weighted by Crippen LogP contribution is -2.52. The van der Waals surface area contributed by atoms with Crippen LogP contribution in [0, 0.1) is 0 Å². The van der Waals surface area contributed by atoms with E-state index in [0.717, 1.165) is 0 Å². The van der Waals surface area contributed by atoms with E-state index in [0.29, 0.717) is 11.5 Å². The number of rotatable bonds is 2. The monoisotopic (exact) mass is 246 g/mol. The number of hydrogen-bond acceptors (Lipinski definition) is 4.